The zero-order valence-electron chi connectivity index (χ0n) is 7.97. The second-order valence-corrected chi connectivity index (χ2v) is 4.52. The Morgan fingerprint density at radius 2 is 2.27 bits per heavy atom. The van der Waals surface area contributed by atoms with Crippen LogP contribution in [-0.2, 0) is 0 Å². The van der Waals surface area contributed by atoms with Crippen molar-refractivity contribution in [3.05, 3.63) is 52.3 Å². The molecule has 0 N–H and O–H groups in total. The van der Waals surface area contributed by atoms with E-state index in [-0.39, 0.29) is 0 Å². The zero-order chi connectivity index (χ0) is 10.4. The smallest absolute Gasteiger partial charge is 0.138 e. The third kappa shape index (κ3) is 1.44. The third-order valence-corrected chi connectivity index (χ3v) is 3.21. The molecule has 0 amide bonds. The average molecular weight is 259 g/mol. The average Bonchev–Trinajstić information content (AvgIpc) is 2.93. The van der Waals surface area contributed by atoms with Gasteiger partial charge >= 0.3 is 0 Å². The van der Waals surface area contributed by atoms with Crippen molar-refractivity contribution in [1.29, 1.82) is 0 Å². The van der Waals surface area contributed by atoms with E-state index < -0.39 is 0 Å². The van der Waals surface area contributed by atoms with E-state index in [4.69, 9.17) is 7.85 Å². The molecule has 2 nitrogen and oxygen atoms in total. The second kappa shape index (κ2) is 3.24. The van der Waals surface area contributed by atoms with Crippen LogP contribution < -0.4 is 0 Å². The molecule has 15 heavy (non-hydrogen) atoms. The lowest BCUT2D eigenvalue weighted by Crippen LogP contribution is -2.03. The normalized spacial score (nSPS) is 27.3. The van der Waals surface area contributed by atoms with Gasteiger partial charge in [-0.1, -0.05) is 24.3 Å². The van der Waals surface area contributed by atoms with Crippen molar-refractivity contribution >= 4 is 23.8 Å². The molecule has 72 valence electrons. The van der Waals surface area contributed by atoms with Gasteiger partial charge in [0.2, 0.25) is 0 Å². The fourth-order valence-corrected chi connectivity index (χ4v) is 2.40. The molecule has 2 aliphatic rings. The lowest BCUT2D eigenvalue weighted by Gasteiger charge is -2.07. The molecule has 2 radical (unpaired) electrons. The van der Waals surface area contributed by atoms with Crippen molar-refractivity contribution in [1.82, 2.24) is 9.88 Å². The molecule has 1 aromatic rings. The van der Waals surface area contributed by atoms with Crippen LogP contribution in [0.3, 0.4) is 0 Å². The lowest BCUT2D eigenvalue weighted by molar-refractivity contribution is 0.645. The fourth-order valence-electron chi connectivity index (χ4n) is 2.04. The van der Waals surface area contributed by atoms with E-state index in [1.165, 1.54) is 0 Å². The van der Waals surface area contributed by atoms with Crippen LogP contribution in [0.15, 0.2) is 46.6 Å². The van der Waals surface area contributed by atoms with Gasteiger partial charge in [-0.15, -0.1) is 0 Å². The first-order valence-corrected chi connectivity index (χ1v) is 5.61. The van der Waals surface area contributed by atoms with Crippen molar-refractivity contribution in [3.63, 3.8) is 0 Å². The summed E-state index contributed by atoms with van der Waals surface area (Å²) in [5.74, 6) is 0. The standard InChI is InChI=1S/C11H8BBrN2/c12-9-5-2-4-8-11(15(8)9)7-3-1-6-10(13)14-7/h1-6,8,11H. The number of nitrogens with zero attached hydrogens (tertiary/aromatic N) is 2. The molecule has 3 rings (SSSR count). The first-order chi connectivity index (χ1) is 7.27. The molecule has 3 heterocycles. The molecule has 0 spiro atoms. The highest BCUT2D eigenvalue weighted by Gasteiger charge is 2.48. The number of allylic oxidation sites excluding steroid dienone is 2. The molecule has 2 aliphatic heterocycles. The number of halogens is 1. The van der Waals surface area contributed by atoms with E-state index in [0.29, 0.717) is 12.1 Å². The van der Waals surface area contributed by atoms with Crippen LogP contribution in [0.1, 0.15) is 11.7 Å². The van der Waals surface area contributed by atoms with Gasteiger partial charge in [-0.2, -0.15) is 0 Å². The van der Waals surface area contributed by atoms with Crippen LogP contribution in [0.25, 0.3) is 0 Å². The Morgan fingerprint density at radius 3 is 3.00 bits per heavy atom. The predicted octanol–water partition coefficient (Wildman–Crippen LogP) is 2.15. The maximum atomic E-state index is 5.88. The Labute approximate surface area is 98.2 Å². The summed E-state index contributed by atoms with van der Waals surface area (Å²) in [6.07, 6.45) is 6.09. The van der Waals surface area contributed by atoms with Gasteiger partial charge in [0.15, 0.2) is 0 Å². The molecule has 2 atom stereocenters. The van der Waals surface area contributed by atoms with Gasteiger partial charge in [0.25, 0.3) is 0 Å². The third-order valence-electron chi connectivity index (χ3n) is 2.77. The van der Waals surface area contributed by atoms with Gasteiger partial charge in [-0.05, 0) is 33.7 Å². The van der Waals surface area contributed by atoms with Crippen molar-refractivity contribution in [2.45, 2.75) is 12.1 Å². The van der Waals surface area contributed by atoms with Gasteiger partial charge in [0.05, 0.1) is 17.8 Å². The summed E-state index contributed by atoms with van der Waals surface area (Å²) in [4.78, 5) is 6.61. The number of pyridine rings is 1. The van der Waals surface area contributed by atoms with Gasteiger partial charge in [0.1, 0.15) is 12.4 Å². The molecule has 0 saturated carbocycles. The van der Waals surface area contributed by atoms with Gasteiger partial charge in [0, 0.05) is 0 Å². The van der Waals surface area contributed by atoms with Crippen LogP contribution in [0, 0.1) is 0 Å². The highest BCUT2D eigenvalue weighted by Crippen LogP contribution is 2.47. The van der Waals surface area contributed by atoms with E-state index in [9.17, 15) is 0 Å². The van der Waals surface area contributed by atoms with Crippen LogP contribution in [-0.4, -0.2) is 23.8 Å². The van der Waals surface area contributed by atoms with E-state index in [0.717, 1.165) is 15.9 Å². The summed E-state index contributed by atoms with van der Waals surface area (Å²) in [5.41, 5.74) is 1.89. The minimum absolute atomic E-state index is 0.317. The van der Waals surface area contributed by atoms with Crippen LogP contribution >= 0.6 is 15.9 Å². The monoisotopic (exact) mass is 258 g/mol. The summed E-state index contributed by atoms with van der Waals surface area (Å²) in [6.45, 7) is 0. The molecule has 0 aromatic carbocycles. The minimum atomic E-state index is 0.317. The first-order valence-electron chi connectivity index (χ1n) is 4.82. The Bertz CT molecular complexity index is 469. The summed E-state index contributed by atoms with van der Waals surface area (Å²) in [6, 6.07) is 6.69. The van der Waals surface area contributed by atoms with Crippen LogP contribution in [0.2, 0.25) is 0 Å². The molecule has 1 saturated heterocycles. The molecular formula is C11H8BBrN2. The summed E-state index contributed by atoms with van der Waals surface area (Å²) in [5, 5.41) is 0. The second-order valence-electron chi connectivity index (χ2n) is 3.70. The van der Waals surface area contributed by atoms with E-state index in [1.54, 1.807) is 0 Å². The summed E-state index contributed by atoms with van der Waals surface area (Å²) in [7, 11) is 5.88. The maximum Gasteiger partial charge on any atom is 0.138 e. The summed E-state index contributed by atoms with van der Waals surface area (Å²) >= 11 is 3.38. The number of fused-ring (bicyclic) bond motifs is 1. The Balaban J connectivity index is 1.93. The SMILES string of the molecule is [B]C1=CC=CC2C(c3cccc(Br)n3)N12. The van der Waals surface area contributed by atoms with E-state index >= 15 is 0 Å². The van der Waals surface area contributed by atoms with Crippen LogP contribution in [0.5, 0.6) is 0 Å². The molecule has 1 fully saturated rings. The van der Waals surface area contributed by atoms with E-state index in [2.05, 4.69) is 31.9 Å². The highest BCUT2D eigenvalue weighted by molar-refractivity contribution is 9.10. The Kier molecular flexibility index (Phi) is 1.99. The molecule has 4 heteroatoms. The fraction of sp³-hybridized carbons (Fsp3) is 0.182. The highest BCUT2D eigenvalue weighted by atomic mass is 79.9. The molecular weight excluding hydrogens is 251 g/mol. The number of hydrogen-bond acceptors (Lipinski definition) is 2. The quantitative estimate of drug-likeness (QED) is 0.436. The predicted molar refractivity (Wildman–Crippen MR) is 63.3 cm³/mol. The molecule has 0 bridgehead atoms. The Morgan fingerprint density at radius 1 is 1.40 bits per heavy atom. The lowest BCUT2D eigenvalue weighted by atomic mass is 10.0. The number of rotatable bonds is 1. The minimum Gasteiger partial charge on any atom is -0.364 e. The Hall–Kier alpha value is -1.03. The van der Waals surface area contributed by atoms with Gasteiger partial charge in [-0.3, -0.25) is 0 Å². The van der Waals surface area contributed by atoms with Crippen molar-refractivity contribution < 1.29 is 0 Å². The summed E-state index contributed by atoms with van der Waals surface area (Å²) < 4.78 is 0.872. The van der Waals surface area contributed by atoms with Gasteiger partial charge < -0.3 is 4.90 Å². The molecule has 0 aliphatic carbocycles. The number of aromatic nitrogens is 1. The topological polar surface area (TPSA) is 15.9 Å². The number of hydrogen-bond donors (Lipinski definition) is 0. The zero-order valence-corrected chi connectivity index (χ0v) is 9.55. The van der Waals surface area contributed by atoms with Crippen molar-refractivity contribution in [2.24, 2.45) is 0 Å². The van der Waals surface area contributed by atoms with Crippen LogP contribution in [0.4, 0.5) is 0 Å². The first kappa shape index (κ1) is 9.22. The molecule has 2 unspecified atom stereocenters. The van der Waals surface area contributed by atoms with Crippen molar-refractivity contribution in [2.75, 3.05) is 0 Å². The van der Waals surface area contributed by atoms with Crippen molar-refractivity contribution in [3.8, 4) is 0 Å². The van der Waals surface area contributed by atoms with Gasteiger partial charge in [-0.25, -0.2) is 4.98 Å². The maximum absolute atomic E-state index is 5.88. The molecule has 1 aromatic heterocycles. The largest absolute Gasteiger partial charge is 0.364 e. The van der Waals surface area contributed by atoms with E-state index in [1.807, 2.05) is 30.4 Å².